The van der Waals surface area contributed by atoms with Crippen LogP contribution in [0.25, 0.3) is 5.52 Å². The van der Waals surface area contributed by atoms with Gasteiger partial charge in [-0.15, -0.1) is 0 Å². The summed E-state index contributed by atoms with van der Waals surface area (Å²) in [5, 5.41) is 12.7. The molecule has 0 aliphatic carbocycles. The van der Waals surface area contributed by atoms with Crippen LogP contribution in [0.1, 0.15) is 24.8 Å². The quantitative estimate of drug-likeness (QED) is 0.820. The van der Waals surface area contributed by atoms with Crippen LogP contribution in [0.15, 0.2) is 24.8 Å². The summed E-state index contributed by atoms with van der Waals surface area (Å²) in [7, 11) is 0. The summed E-state index contributed by atoms with van der Waals surface area (Å²) in [6.45, 7) is 1.89. The zero-order valence-electron chi connectivity index (χ0n) is 8.29. The number of carbonyl (C=O) groups is 1. The predicted octanol–water partition coefficient (Wildman–Crippen LogP) is 1.31. The fraction of sp³-hybridized carbons (Fsp3) is 0.300. The molecule has 0 saturated heterocycles. The summed E-state index contributed by atoms with van der Waals surface area (Å²) in [5.41, 5.74) is 1.85. The molecule has 0 aliphatic rings. The average molecular weight is 205 g/mol. The first-order chi connectivity index (χ1) is 7.16. The molecule has 0 aromatic carbocycles. The second kappa shape index (κ2) is 3.68. The van der Waals surface area contributed by atoms with E-state index in [0.29, 0.717) is 0 Å². The number of carboxylic acids is 1. The minimum absolute atomic E-state index is 0.0100. The highest BCUT2D eigenvalue weighted by atomic mass is 16.4. The Morgan fingerprint density at radius 1 is 1.67 bits per heavy atom. The number of rotatable bonds is 3. The second-order valence-electron chi connectivity index (χ2n) is 3.55. The highest BCUT2D eigenvalue weighted by Crippen LogP contribution is 2.20. The van der Waals surface area contributed by atoms with E-state index < -0.39 is 5.97 Å². The van der Waals surface area contributed by atoms with Crippen molar-refractivity contribution in [3.05, 3.63) is 30.4 Å². The van der Waals surface area contributed by atoms with Gasteiger partial charge in [-0.3, -0.25) is 4.79 Å². The van der Waals surface area contributed by atoms with Gasteiger partial charge in [0.1, 0.15) is 6.33 Å². The molecule has 0 spiro atoms. The van der Waals surface area contributed by atoms with Gasteiger partial charge < -0.3 is 5.11 Å². The van der Waals surface area contributed by atoms with Crippen molar-refractivity contribution in [1.82, 2.24) is 14.6 Å². The van der Waals surface area contributed by atoms with Crippen LogP contribution in [-0.2, 0) is 4.79 Å². The van der Waals surface area contributed by atoms with Gasteiger partial charge in [0.15, 0.2) is 0 Å². The van der Waals surface area contributed by atoms with Gasteiger partial charge in [-0.25, -0.2) is 9.50 Å². The number of aromatic nitrogens is 3. The normalized spacial score (nSPS) is 12.9. The van der Waals surface area contributed by atoms with Gasteiger partial charge in [0.05, 0.1) is 18.1 Å². The maximum absolute atomic E-state index is 10.6. The highest BCUT2D eigenvalue weighted by molar-refractivity contribution is 5.68. The number of hydrogen-bond acceptors (Lipinski definition) is 3. The number of carboxylic acid groups (broad SMARTS) is 1. The lowest BCUT2D eigenvalue weighted by Gasteiger charge is -2.03. The molecule has 5 nitrogen and oxygen atoms in total. The Kier molecular flexibility index (Phi) is 2.37. The largest absolute Gasteiger partial charge is 0.481 e. The third kappa shape index (κ3) is 1.96. The van der Waals surface area contributed by atoms with Gasteiger partial charge in [0.2, 0.25) is 0 Å². The van der Waals surface area contributed by atoms with E-state index in [1.54, 1.807) is 10.7 Å². The molecule has 78 valence electrons. The summed E-state index contributed by atoms with van der Waals surface area (Å²) < 4.78 is 1.70. The van der Waals surface area contributed by atoms with Crippen LogP contribution in [0.5, 0.6) is 0 Å². The smallest absolute Gasteiger partial charge is 0.303 e. The van der Waals surface area contributed by atoms with Gasteiger partial charge in [-0.05, 0) is 17.5 Å². The molecule has 2 aromatic rings. The molecule has 0 aliphatic heterocycles. The Morgan fingerprint density at radius 2 is 2.47 bits per heavy atom. The van der Waals surface area contributed by atoms with Crippen molar-refractivity contribution >= 4 is 11.5 Å². The van der Waals surface area contributed by atoms with Crippen molar-refractivity contribution in [2.45, 2.75) is 19.3 Å². The van der Waals surface area contributed by atoms with Crippen molar-refractivity contribution in [3.63, 3.8) is 0 Å². The maximum Gasteiger partial charge on any atom is 0.303 e. The fourth-order valence-corrected chi connectivity index (χ4v) is 1.53. The molecule has 1 unspecified atom stereocenters. The van der Waals surface area contributed by atoms with Crippen molar-refractivity contribution in [1.29, 1.82) is 0 Å². The molecular formula is C10H11N3O2. The molecule has 0 saturated carbocycles. The predicted molar refractivity (Wildman–Crippen MR) is 53.7 cm³/mol. The summed E-state index contributed by atoms with van der Waals surface area (Å²) in [4.78, 5) is 14.5. The molecule has 0 bridgehead atoms. The second-order valence-corrected chi connectivity index (χ2v) is 3.55. The van der Waals surface area contributed by atoms with Crippen LogP contribution >= 0.6 is 0 Å². The van der Waals surface area contributed by atoms with E-state index in [2.05, 4.69) is 10.1 Å². The van der Waals surface area contributed by atoms with E-state index >= 15 is 0 Å². The number of aliphatic carboxylic acids is 1. The van der Waals surface area contributed by atoms with Crippen LogP contribution in [0.3, 0.4) is 0 Å². The minimum Gasteiger partial charge on any atom is -0.481 e. The molecule has 0 amide bonds. The Labute approximate surface area is 86.4 Å². The van der Waals surface area contributed by atoms with E-state index in [-0.39, 0.29) is 12.3 Å². The Hall–Kier alpha value is -1.91. The van der Waals surface area contributed by atoms with Gasteiger partial charge in [0, 0.05) is 6.20 Å². The van der Waals surface area contributed by atoms with E-state index in [9.17, 15) is 4.79 Å². The summed E-state index contributed by atoms with van der Waals surface area (Å²) in [6.07, 6.45) is 5.12. The number of hydrogen-bond donors (Lipinski definition) is 1. The third-order valence-electron chi connectivity index (χ3n) is 2.35. The average Bonchev–Trinajstić information content (AvgIpc) is 2.59. The third-order valence-corrected chi connectivity index (χ3v) is 2.35. The molecule has 1 N–H and O–H groups in total. The standard InChI is InChI=1S/C10H11N3O2/c1-7(2-10(14)15)8-3-9-4-11-6-12-13(9)5-8/h3-7H,2H2,1H3,(H,14,15). The number of nitrogens with zero attached hydrogens (tertiary/aromatic N) is 3. The zero-order chi connectivity index (χ0) is 10.8. The fourth-order valence-electron chi connectivity index (χ4n) is 1.53. The summed E-state index contributed by atoms with van der Waals surface area (Å²) >= 11 is 0. The zero-order valence-corrected chi connectivity index (χ0v) is 8.29. The maximum atomic E-state index is 10.6. The SMILES string of the molecule is CC(CC(=O)O)c1cc2cncnn2c1. The van der Waals surface area contributed by atoms with Gasteiger partial charge in [-0.2, -0.15) is 5.10 Å². The van der Waals surface area contributed by atoms with Crippen LogP contribution in [-0.4, -0.2) is 25.7 Å². The van der Waals surface area contributed by atoms with Gasteiger partial charge in [0.25, 0.3) is 0 Å². The first-order valence-electron chi connectivity index (χ1n) is 4.67. The molecule has 1 atom stereocenters. The first kappa shape index (κ1) is 9.64. The van der Waals surface area contributed by atoms with Crippen molar-refractivity contribution in [3.8, 4) is 0 Å². The molecule has 0 fully saturated rings. The van der Waals surface area contributed by atoms with Crippen LogP contribution in [0, 0.1) is 0 Å². The van der Waals surface area contributed by atoms with E-state index in [0.717, 1.165) is 11.1 Å². The lowest BCUT2D eigenvalue weighted by Crippen LogP contribution is -2.01. The van der Waals surface area contributed by atoms with E-state index in [1.807, 2.05) is 19.2 Å². The van der Waals surface area contributed by atoms with Crippen LogP contribution in [0.2, 0.25) is 0 Å². The lowest BCUT2D eigenvalue weighted by atomic mass is 10.0. The first-order valence-corrected chi connectivity index (χ1v) is 4.67. The summed E-state index contributed by atoms with van der Waals surface area (Å²) in [6, 6.07) is 1.91. The minimum atomic E-state index is -0.788. The molecule has 0 radical (unpaired) electrons. The molecule has 2 heterocycles. The summed E-state index contributed by atoms with van der Waals surface area (Å²) in [5.74, 6) is -0.798. The van der Waals surface area contributed by atoms with Crippen molar-refractivity contribution in [2.24, 2.45) is 0 Å². The van der Waals surface area contributed by atoms with Crippen molar-refractivity contribution < 1.29 is 9.90 Å². The Bertz CT molecular complexity index is 459. The van der Waals surface area contributed by atoms with Crippen LogP contribution < -0.4 is 0 Å². The molecule has 2 aromatic heterocycles. The van der Waals surface area contributed by atoms with E-state index in [1.165, 1.54) is 6.33 Å². The molecule has 2 rings (SSSR count). The Balaban J connectivity index is 2.32. The van der Waals surface area contributed by atoms with Crippen molar-refractivity contribution in [2.75, 3.05) is 0 Å². The highest BCUT2D eigenvalue weighted by Gasteiger charge is 2.12. The molecule has 15 heavy (non-hydrogen) atoms. The van der Waals surface area contributed by atoms with Crippen LogP contribution in [0.4, 0.5) is 0 Å². The number of fused-ring (bicyclic) bond motifs is 1. The van der Waals surface area contributed by atoms with Gasteiger partial charge >= 0.3 is 5.97 Å². The van der Waals surface area contributed by atoms with E-state index in [4.69, 9.17) is 5.11 Å². The lowest BCUT2D eigenvalue weighted by molar-refractivity contribution is -0.137. The Morgan fingerprint density at radius 3 is 3.13 bits per heavy atom. The van der Waals surface area contributed by atoms with Gasteiger partial charge in [-0.1, -0.05) is 6.92 Å². The molecular weight excluding hydrogens is 194 g/mol. The monoisotopic (exact) mass is 205 g/mol. The molecule has 5 heteroatoms. The topological polar surface area (TPSA) is 67.5 Å².